The topological polar surface area (TPSA) is 15.3 Å². The van der Waals surface area contributed by atoms with E-state index in [0.29, 0.717) is 11.5 Å². The smallest absolute Gasteiger partial charge is 0.0217 e. The number of nitrogens with zero attached hydrogens (tertiary/aromatic N) is 1. The van der Waals surface area contributed by atoms with E-state index in [2.05, 4.69) is 45.0 Å². The second kappa shape index (κ2) is 6.75. The molecule has 0 bridgehead atoms. The Balaban J connectivity index is 2.48. The summed E-state index contributed by atoms with van der Waals surface area (Å²) in [6.07, 6.45) is 5.35. The van der Waals surface area contributed by atoms with E-state index in [1.165, 1.54) is 45.3 Å². The minimum absolute atomic E-state index is 0.619. The molecule has 1 aliphatic rings. The Morgan fingerprint density at radius 3 is 2.29 bits per heavy atom. The van der Waals surface area contributed by atoms with Gasteiger partial charge in [0.15, 0.2) is 0 Å². The molecule has 0 saturated carbocycles. The van der Waals surface area contributed by atoms with Gasteiger partial charge in [0.05, 0.1) is 0 Å². The summed E-state index contributed by atoms with van der Waals surface area (Å²) in [5.41, 5.74) is 0.619. The molecule has 1 heterocycles. The van der Waals surface area contributed by atoms with Crippen LogP contribution in [0, 0.1) is 11.3 Å². The summed E-state index contributed by atoms with van der Waals surface area (Å²) < 4.78 is 0. The molecule has 1 saturated heterocycles. The Bertz CT molecular complexity index is 211. The molecule has 2 nitrogen and oxygen atoms in total. The zero-order chi connectivity index (χ0) is 12.9. The van der Waals surface area contributed by atoms with Crippen LogP contribution in [-0.4, -0.2) is 37.6 Å². The third-order valence-corrected chi connectivity index (χ3v) is 5.17. The van der Waals surface area contributed by atoms with E-state index in [-0.39, 0.29) is 0 Å². The Morgan fingerprint density at radius 1 is 1.24 bits per heavy atom. The van der Waals surface area contributed by atoms with Crippen LogP contribution >= 0.6 is 0 Å². The standard InChI is InChI=1S/C15H32N2/c1-6-13(4)14(16-5)11-17-10-9-15(7-2,8-3)12-17/h13-14,16H,6-12H2,1-5H3. The summed E-state index contributed by atoms with van der Waals surface area (Å²) in [4.78, 5) is 2.68. The predicted octanol–water partition coefficient (Wildman–Crippen LogP) is 3.13. The van der Waals surface area contributed by atoms with E-state index >= 15 is 0 Å². The van der Waals surface area contributed by atoms with Gasteiger partial charge in [0.25, 0.3) is 0 Å². The van der Waals surface area contributed by atoms with Crippen LogP contribution in [0.2, 0.25) is 0 Å². The predicted molar refractivity (Wildman–Crippen MR) is 76.4 cm³/mol. The molecular weight excluding hydrogens is 208 g/mol. The lowest BCUT2D eigenvalue weighted by molar-refractivity contribution is 0.209. The number of nitrogens with one attached hydrogen (secondary N) is 1. The van der Waals surface area contributed by atoms with Gasteiger partial charge in [0.2, 0.25) is 0 Å². The molecule has 2 atom stereocenters. The summed E-state index contributed by atoms with van der Waals surface area (Å²) in [5, 5.41) is 3.50. The van der Waals surface area contributed by atoms with Crippen molar-refractivity contribution < 1.29 is 0 Å². The molecule has 0 amide bonds. The fourth-order valence-electron chi connectivity index (χ4n) is 3.13. The summed E-state index contributed by atoms with van der Waals surface area (Å²) >= 11 is 0. The van der Waals surface area contributed by atoms with Crippen LogP contribution in [-0.2, 0) is 0 Å². The summed E-state index contributed by atoms with van der Waals surface area (Å²) in [5.74, 6) is 0.776. The maximum Gasteiger partial charge on any atom is 0.0217 e. The van der Waals surface area contributed by atoms with Crippen LogP contribution in [0.15, 0.2) is 0 Å². The van der Waals surface area contributed by atoms with E-state index in [1.807, 2.05) is 0 Å². The average Bonchev–Trinajstić information content (AvgIpc) is 2.79. The van der Waals surface area contributed by atoms with Gasteiger partial charge in [-0.25, -0.2) is 0 Å². The number of likely N-dealkylation sites (tertiary alicyclic amines) is 1. The van der Waals surface area contributed by atoms with Gasteiger partial charge in [0.1, 0.15) is 0 Å². The van der Waals surface area contributed by atoms with E-state index in [9.17, 15) is 0 Å². The third-order valence-electron chi connectivity index (χ3n) is 5.17. The molecule has 0 aliphatic carbocycles. The highest BCUT2D eigenvalue weighted by atomic mass is 15.2. The molecule has 2 unspecified atom stereocenters. The molecule has 2 heteroatoms. The Labute approximate surface area is 108 Å². The molecule has 0 spiro atoms. The van der Waals surface area contributed by atoms with Crippen molar-refractivity contribution in [2.24, 2.45) is 11.3 Å². The first-order valence-corrected chi connectivity index (χ1v) is 7.50. The van der Waals surface area contributed by atoms with Gasteiger partial charge in [-0.05, 0) is 44.2 Å². The van der Waals surface area contributed by atoms with Crippen LogP contribution in [0.5, 0.6) is 0 Å². The summed E-state index contributed by atoms with van der Waals surface area (Å²) in [7, 11) is 2.11. The van der Waals surface area contributed by atoms with E-state index in [1.54, 1.807) is 0 Å². The lowest BCUT2D eigenvalue weighted by Crippen LogP contribution is -2.43. The molecular formula is C15H32N2. The first kappa shape index (κ1) is 15.0. The van der Waals surface area contributed by atoms with Crippen molar-refractivity contribution in [1.82, 2.24) is 10.2 Å². The first-order valence-electron chi connectivity index (χ1n) is 7.50. The molecule has 102 valence electrons. The van der Waals surface area contributed by atoms with Gasteiger partial charge in [-0.3, -0.25) is 0 Å². The molecule has 17 heavy (non-hydrogen) atoms. The fourth-order valence-corrected chi connectivity index (χ4v) is 3.13. The van der Waals surface area contributed by atoms with Gasteiger partial charge in [0, 0.05) is 19.1 Å². The minimum atomic E-state index is 0.619. The number of hydrogen-bond donors (Lipinski definition) is 1. The largest absolute Gasteiger partial charge is 0.315 e. The van der Waals surface area contributed by atoms with Gasteiger partial charge < -0.3 is 10.2 Å². The average molecular weight is 240 g/mol. The van der Waals surface area contributed by atoms with Gasteiger partial charge >= 0.3 is 0 Å². The molecule has 0 aromatic rings. The van der Waals surface area contributed by atoms with Crippen molar-refractivity contribution in [3.8, 4) is 0 Å². The Hall–Kier alpha value is -0.0800. The maximum absolute atomic E-state index is 3.50. The van der Waals surface area contributed by atoms with Crippen molar-refractivity contribution in [2.45, 2.75) is 59.4 Å². The fraction of sp³-hybridized carbons (Fsp3) is 1.00. The van der Waals surface area contributed by atoms with Crippen LogP contribution in [0.1, 0.15) is 53.4 Å². The lowest BCUT2D eigenvalue weighted by atomic mass is 9.82. The zero-order valence-corrected chi connectivity index (χ0v) is 12.6. The van der Waals surface area contributed by atoms with Gasteiger partial charge in [-0.15, -0.1) is 0 Å². The van der Waals surface area contributed by atoms with Crippen LogP contribution in [0.3, 0.4) is 0 Å². The number of hydrogen-bond acceptors (Lipinski definition) is 2. The molecule has 1 fully saturated rings. The van der Waals surface area contributed by atoms with E-state index in [4.69, 9.17) is 0 Å². The van der Waals surface area contributed by atoms with Crippen molar-refractivity contribution >= 4 is 0 Å². The van der Waals surface area contributed by atoms with Crippen molar-refractivity contribution in [3.63, 3.8) is 0 Å². The Morgan fingerprint density at radius 2 is 1.88 bits per heavy atom. The Kier molecular flexibility index (Phi) is 5.94. The number of likely N-dealkylation sites (N-methyl/N-ethyl adjacent to an activating group) is 1. The molecule has 1 rings (SSSR count). The number of rotatable bonds is 7. The van der Waals surface area contributed by atoms with Gasteiger partial charge in [-0.1, -0.05) is 34.1 Å². The van der Waals surface area contributed by atoms with E-state index in [0.717, 1.165) is 5.92 Å². The highest BCUT2D eigenvalue weighted by Crippen LogP contribution is 2.37. The van der Waals surface area contributed by atoms with Crippen LogP contribution < -0.4 is 5.32 Å². The second-order valence-corrected chi connectivity index (χ2v) is 5.97. The molecule has 0 aromatic heterocycles. The van der Waals surface area contributed by atoms with E-state index < -0.39 is 0 Å². The van der Waals surface area contributed by atoms with Crippen LogP contribution in [0.25, 0.3) is 0 Å². The molecule has 1 N–H and O–H groups in total. The summed E-state index contributed by atoms with van der Waals surface area (Å²) in [6, 6.07) is 0.657. The zero-order valence-electron chi connectivity index (χ0n) is 12.6. The quantitative estimate of drug-likeness (QED) is 0.735. The van der Waals surface area contributed by atoms with Gasteiger partial charge in [-0.2, -0.15) is 0 Å². The SMILES string of the molecule is CCC(C)C(CN1CCC(CC)(CC)C1)NC. The second-order valence-electron chi connectivity index (χ2n) is 5.97. The maximum atomic E-state index is 3.50. The third kappa shape index (κ3) is 3.69. The van der Waals surface area contributed by atoms with Crippen molar-refractivity contribution in [3.05, 3.63) is 0 Å². The normalized spacial score (nSPS) is 23.8. The minimum Gasteiger partial charge on any atom is -0.315 e. The van der Waals surface area contributed by atoms with Crippen molar-refractivity contribution in [2.75, 3.05) is 26.7 Å². The highest BCUT2D eigenvalue weighted by Gasteiger charge is 2.35. The van der Waals surface area contributed by atoms with Crippen LogP contribution in [0.4, 0.5) is 0 Å². The monoisotopic (exact) mass is 240 g/mol. The summed E-state index contributed by atoms with van der Waals surface area (Å²) in [6.45, 7) is 13.2. The lowest BCUT2D eigenvalue weighted by Gasteiger charge is -2.30. The molecule has 1 aliphatic heterocycles. The van der Waals surface area contributed by atoms with Crippen molar-refractivity contribution in [1.29, 1.82) is 0 Å². The molecule has 0 radical (unpaired) electrons. The molecule has 0 aromatic carbocycles. The first-order chi connectivity index (χ1) is 8.10. The highest BCUT2D eigenvalue weighted by molar-refractivity contribution is 4.90.